The zero-order chi connectivity index (χ0) is 17.5. The molecule has 1 aliphatic heterocycles. The topological polar surface area (TPSA) is 69.7 Å². The molecule has 1 unspecified atom stereocenters. The van der Waals surface area contributed by atoms with Crippen molar-refractivity contribution >= 4 is 33.8 Å². The van der Waals surface area contributed by atoms with Crippen LogP contribution in [0.25, 0.3) is 0 Å². The van der Waals surface area contributed by atoms with Gasteiger partial charge in [-0.2, -0.15) is 0 Å². The fourth-order valence-electron chi connectivity index (χ4n) is 3.00. The van der Waals surface area contributed by atoms with Gasteiger partial charge in [-0.3, -0.25) is 14.5 Å². The molecule has 1 N–H and O–H groups in total. The summed E-state index contributed by atoms with van der Waals surface area (Å²) in [7, 11) is 1.67. The number of benzene rings is 1. The summed E-state index contributed by atoms with van der Waals surface area (Å²) >= 11 is 3.37. The molecule has 24 heavy (non-hydrogen) atoms. The number of nitrogens with one attached hydrogen (secondary N) is 1. The normalized spacial score (nSPS) is 23.4. The average Bonchev–Trinajstić information content (AvgIpc) is 3.35. The van der Waals surface area contributed by atoms with Crippen molar-refractivity contribution in [1.82, 2.24) is 15.1 Å². The Morgan fingerprint density at radius 3 is 2.54 bits per heavy atom. The van der Waals surface area contributed by atoms with Crippen LogP contribution in [-0.4, -0.2) is 46.8 Å². The molecule has 3 rings (SSSR count). The largest absolute Gasteiger partial charge is 0.340 e. The minimum absolute atomic E-state index is 0.189. The van der Waals surface area contributed by atoms with Crippen LogP contribution in [0.3, 0.4) is 0 Å². The van der Waals surface area contributed by atoms with Gasteiger partial charge in [-0.1, -0.05) is 28.1 Å². The highest BCUT2D eigenvalue weighted by molar-refractivity contribution is 9.10. The van der Waals surface area contributed by atoms with Gasteiger partial charge >= 0.3 is 6.03 Å². The number of hydrogen-bond donors (Lipinski definition) is 1. The second-order valence-electron chi connectivity index (χ2n) is 6.67. The van der Waals surface area contributed by atoms with E-state index in [2.05, 4.69) is 21.2 Å². The third kappa shape index (κ3) is 3.17. The first-order chi connectivity index (χ1) is 11.3. The van der Waals surface area contributed by atoms with Gasteiger partial charge in [0.15, 0.2) is 0 Å². The van der Waals surface area contributed by atoms with Crippen LogP contribution in [0.4, 0.5) is 4.79 Å². The molecular formula is C17H20BrN3O3. The molecule has 1 aromatic rings. The van der Waals surface area contributed by atoms with Crippen molar-refractivity contribution in [1.29, 1.82) is 0 Å². The van der Waals surface area contributed by atoms with Crippen molar-refractivity contribution in [3.8, 4) is 0 Å². The van der Waals surface area contributed by atoms with Crippen LogP contribution in [0.5, 0.6) is 0 Å². The first-order valence-corrected chi connectivity index (χ1v) is 8.73. The van der Waals surface area contributed by atoms with Crippen LogP contribution in [0, 0.1) is 5.92 Å². The number of imide groups is 1. The number of nitrogens with zero attached hydrogens (tertiary/aromatic N) is 2. The molecule has 0 spiro atoms. The molecule has 4 amide bonds. The van der Waals surface area contributed by atoms with E-state index >= 15 is 0 Å². The van der Waals surface area contributed by atoms with Crippen molar-refractivity contribution in [2.24, 2.45) is 5.92 Å². The predicted molar refractivity (Wildman–Crippen MR) is 92.0 cm³/mol. The number of hydrogen-bond acceptors (Lipinski definition) is 3. The smallest absolute Gasteiger partial charge is 0.325 e. The lowest BCUT2D eigenvalue weighted by Crippen LogP contribution is -2.47. The summed E-state index contributed by atoms with van der Waals surface area (Å²) in [4.78, 5) is 39.6. The summed E-state index contributed by atoms with van der Waals surface area (Å²) in [6.07, 6.45) is 1.88. The van der Waals surface area contributed by atoms with Gasteiger partial charge in [-0.05, 0) is 43.4 Å². The van der Waals surface area contributed by atoms with Gasteiger partial charge in [0.1, 0.15) is 12.1 Å². The van der Waals surface area contributed by atoms with Crippen molar-refractivity contribution in [3.63, 3.8) is 0 Å². The maximum Gasteiger partial charge on any atom is 0.325 e. The molecule has 0 radical (unpaired) electrons. The van der Waals surface area contributed by atoms with Crippen LogP contribution < -0.4 is 5.32 Å². The van der Waals surface area contributed by atoms with Gasteiger partial charge in [-0.15, -0.1) is 0 Å². The molecule has 0 aromatic heterocycles. The summed E-state index contributed by atoms with van der Waals surface area (Å²) < 4.78 is 0.971. The lowest BCUT2D eigenvalue weighted by Gasteiger charge is -2.22. The molecule has 1 saturated carbocycles. The molecule has 1 saturated heterocycles. The first kappa shape index (κ1) is 17.0. The van der Waals surface area contributed by atoms with E-state index in [0.717, 1.165) is 27.8 Å². The second kappa shape index (κ2) is 6.20. The first-order valence-electron chi connectivity index (χ1n) is 7.94. The van der Waals surface area contributed by atoms with E-state index in [4.69, 9.17) is 0 Å². The molecular weight excluding hydrogens is 374 g/mol. The van der Waals surface area contributed by atoms with Gasteiger partial charge in [0, 0.05) is 18.1 Å². The van der Waals surface area contributed by atoms with Gasteiger partial charge in [0.25, 0.3) is 5.91 Å². The number of likely N-dealkylation sites (N-methyl/N-ethyl adjacent to an activating group) is 1. The summed E-state index contributed by atoms with van der Waals surface area (Å²) in [5, 5.41) is 2.75. The van der Waals surface area contributed by atoms with E-state index in [-0.39, 0.29) is 24.3 Å². The van der Waals surface area contributed by atoms with Crippen LogP contribution in [0.2, 0.25) is 0 Å². The quantitative estimate of drug-likeness (QED) is 0.778. The van der Waals surface area contributed by atoms with E-state index in [1.807, 2.05) is 24.3 Å². The number of halogens is 1. The minimum atomic E-state index is -0.846. The monoisotopic (exact) mass is 393 g/mol. The van der Waals surface area contributed by atoms with Crippen LogP contribution in [-0.2, 0) is 16.1 Å². The number of rotatable bonds is 5. The zero-order valence-corrected chi connectivity index (χ0v) is 15.3. The van der Waals surface area contributed by atoms with Crippen molar-refractivity contribution < 1.29 is 14.4 Å². The third-order valence-corrected chi connectivity index (χ3v) is 5.28. The SMILES string of the molecule is CN(Cc1ccc(Br)cc1)C(=O)CN1C(=O)NC(C)(C2CC2)C1=O. The summed E-state index contributed by atoms with van der Waals surface area (Å²) in [6, 6.07) is 7.19. The Balaban J connectivity index is 1.62. The van der Waals surface area contributed by atoms with Crippen LogP contribution in [0.15, 0.2) is 28.7 Å². The Bertz CT molecular complexity index is 687. The predicted octanol–water partition coefficient (Wildman–Crippen LogP) is 2.13. The van der Waals surface area contributed by atoms with Crippen molar-refractivity contribution in [3.05, 3.63) is 34.3 Å². The molecule has 128 valence electrons. The summed E-state index contributed by atoms with van der Waals surface area (Å²) in [5.74, 6) is -0.364. The molecule has 2 fully saturated rings. The Morgan fingerprint density at radius 2 is 1.96 bits per heavy atom. The standard InChI is InChI=1S/C17H20BrN3O3/c1-17(12-5-6-12)15(23)21(16(24)19-17)10-14(22)20(2)9-11-3-7-13(18)8-4-11/h3-4,7-8,12H,5-6,9-10H2,1-2H3,(H,19,24). The molecule has 1 aliphatic carbocycles. The van der Waals surface area contributed by atoms with Crippen LogP contribution in [0.1, 0.15) is 25.3 Å². The average molecular weight is 394 g/mol. The van der Waals surface area contributed by atoms with E-state index < -0.39 is 11.6 Å². The van der Waals surface area contributed by atoms with Gasteiger partial charge in [0.05, 0.1) is 0 Å². The highest BCUT2D eigenvalue weighted by atomic mass is 79.9. The fourth-order valence-corrected chi connectivity index (χ4v) is 3.27. The minimum Gasteiger partial charge on any atom is -0.340 e. The van der Waals surface area contributed by atoms with Crippen molar-refractivity contribution in [2.45, 2.75) is 31.8 Å². The molecule has 1 heterocycles. The lowest BCUT2D eigenvalue weighted by atomic mass is 9.96. The van der Waals surface area contributed by atoms with Gasteiger partial charge in [0.2, 0.25) is 5.91 Å². The summed E-state index contributed by atoms with van der Waals surface area (Å²) in [6.45, 7) is 1.95. The number of carbonyl (C=O) groups is 3. The highest BCUT2D eigenvalue weighted by Crippen LogP contribution is 2.42. The Labute approximate surface area is 149 Å². The Hall–Kier alpha value is -1.89. The van der Waals surface area contributed by atoms with E-state index in [1.54, 1.807) is 14.0 Å². The second-order valence-corrected chi connectivity index (χ2v) is 7.59. The molecule has 0 bridgehead atoms. The number of urea groups is 1. The lowest BCUT2D eigenvalue weighted by molar-refractivity contribution is -0.138. The van der Waals surface area contributed by atoms with E-state index in [9.17, 15) is 14.4 Å². The van der Waals surface area contributed by atoms with Gasteiger partial charge < -0.3 is 10.2 Å². The number of carbonyl (C=O) groups excluding carboxylic acids is 3. The maximum absolute atomic E-state index is 12.5. The Kier molecular flexibility index (Phi) is 4.38. The Morgan fingerprint density at radius 1 is 1.33 bits per heavy atom. The molecule has 1 atom stereocenters. The van der Waals surface area contributed by atoms with Crippen molar-refractivity contribution in [2.75, 3.05) is 13.6 Å². The van der Waals surface area contributed by atoms with Crippen LogP contribution >= 0.6 is 15.9 Å². The molecule has 2 aliphatic rings. The maximum atomic E-state index is 12.5. The zero-order valence-electron chi connectivity index (χ0n) is 13.7. The molecule has 7 heteroatoms. The van der Waals surface area contributed by atoms with E-state index in [0.29, 0.717) is 6.54 Å². The summed E-state index contributed by atoms with van der Waals surface area (Å²) in [5.41, 5.74) is 0.135. The third-order valence-electron chi connectivity index (χ3n) is 4.75. The molecule has 6 nitrogen and oxygen atoms in total. The molecule has 1 aromatic carbocycles. The van der Waals surface area contributed by atoms with E-state index in [1.165, 1.54) is 4.90 Å². The highest BCUT2D eigenvalue weighted by Gasteiger charge is 2.56. The fraction of sp³-hybridized carbons (Fsp3) is 0.471. The van der Waals surface area contributed by atoms with Gasteiger partial charge in [-0.25, -0.2) is 4.79 Å². The number of amides is 4.